The largest absolute Gasteiger partial charge is 0.455 e. The standard InChI is InChI=1S/C16H16N2O2/c1-19-9-8-12-2-5-14(6-3-12)20-16-10-13(11-17)4-7-15(16)18/h2-7,10H,8-9,18H2,1H3. The lowest BCUT2D eigenvalue weighted by molar-refractivity contribution is 0.202. The molecule has 0 radical (unpaired) electrons. The highest BCUT2D eigenvalue weighted by Gasteiger charge is 2.04. The Bertz CT molecular complexity index is 615. The summed E-state index contributed by atoms with van der Waals surface area (Å²) >= 11 is 0. The van der Waals surface area contributed by atoms with Crippen molar-refractivity contribution < 1.29 is 9.47 Å². The van der Waals surface area contributed by atoms with Gasteiger partial charge >= 0.3 is 0 Å². The Morgan fingerprint density at radius 2 is 1.90 bits per heavy atom. The van der Waals surface area contributed by atoms with E-state index < -0.39 is 0 Å². The highest BCUT2D eigenvalue weighted by molar-refractivity contribution is 5.57. The van der Waals surface area contributed by atoms with Crippen LogP contribution in [0.3, 0.4) is 0 Å². The van der Waals surface area contributed by atoms with E-state index in [0.29, 0.717) is 29.4 Å². The van der Waals surface area contributed by atoms with E-state index in [1.54, 1.807) is 25.3 Å². The minimum Gasteiger partial charge on any atom is -0.455 e. The van der Waals surface area contributed by atoms with E-state index >= 15 is 0 Å². The average molecular weight is 268 g/mol. The third-order valence-corrected chi connectivity index (χ3v) is 2.89. The number of hydrogen-bond donors (Lipinski definition) is 1. The molecule has 102 valence electrons. The molecule has 0 bridgehead atoms. The number of hydrogen-bond acceptors (Lipinski definition) is 4. The summed E-state index contributed by atoms with van der Waals surface area (Å²) in [6, 6.07) is 14.8. The first kappa shape index (κ1) is 13.9. The van der Waals surface area contributed by atoms with E-state index in [1.807, 2.05) is 24.3 Å². The average Bonchev–Trinajstić information content (AvgIpc) is 2.49. The van der Waals surface area contributed by atoms with Gasteiger partial charge in [0.2, 0.25) is 0 Å². The molecule has 0 spiro atoms. The first-order valence-electron chi connectivity index (χ1n) is 6.28. The fourth-order valence-corrected chi connectivity index (χ4v) is 1.76. The molecule has 4 heteroatoms. The summed E-state index contributed by atoms with van der Waals surface area (Å²) in [4.78, 5) is 0. The van der Waals surface area contributed by atoms with Crippen LogP contribution in [0.5, 0.6) is 11.5 Å². The molecular formula is C16H16N2O2. The Labute approximate surface area is 118 Å². The maximum atomic E-state index is 8.88. The smallest absolute Gasteiger partial charge is 0.151 e. The van der Waals surface area contributed by atoms with Gasteiger partial charge in [0.05, 0.1) is 23.9 Å². The molecule has 0 fully saturated rings. The van der Waals surface area contributed by atoms with Crippen molar-refractivity contribution in [1.29, 1.82) is 5.26 Å². The van der Waals surface area contributed by atoms with Gasteiger partial charge in [0, 0.05) is 13.2 Å². The third-order valence-electron chi connectivity index (χ3n) is 2.89. The van der Waals surface area contributed by atoms with E-state index in [1.165, 1.54) is 5.56 Å². The zero-order valence-electron chi connectivity index (χ0n) is 11.3. The number of methoxy groups -OCH3 is 1. The molecule has 2 aromatic rings. The van der Waals surface area contributed by atoms with Gasteiger partial charge in [-0.1, -0.05) is 12.1 Å². The maximum absolute atomic E-state index is 8.88. The molecule has 4 nitrogen and oxygen atoms in total. The van der Waals surface area contributed by atoms with E-state index in [9.17, 15) is 0 Å². The SMILES string of the molecule is COCCc1ccc(Oc2cc(C#N)ccc2N)cc1. The molecule has 2 N–H and O–H groups in total. The van der Waals surface area contributed by atoms with Crippen LogP contribution < -0.4 is 10.5 Å². The van der Waals surface area contributed by atoms with Crippen molar-refractivity contribution in [3.05, 3.63) is 53.6 Å². The van der Waals surface area contributed by atoms with Crippen LogP contribution in [0.25, 0.3) is 0 Å². The van der Waals surface area contributed by atoms with Crippen molar-refractivity contribution in [2.45, 2.75) is 6.42 Å². The number of rotatable bonds is 5. The molecule has 0 aliphatic rings. The van der Waals surface area contributed by atoms with Gasteiger partial charge in [-0.25, -0.2) is 0 Å². The van der Waals surface area contributed by atoms with Crippen LogP contribution in [0.2, 0.25) is 0 Å². The van der Waals surface area contributed by atoms with Gasteiger partial charge in [0.25, 0.3) is 0 Å². The topological polar surface area (TPSA) is 68.3 Å². The van der Waals surface area contributed by atoms with Crippen molar-refractivity contribution >= 4 is 5.69 Å². The number of nitriles is 1. The van der Waals surface area contributed by atoms with Crippen molar-refractivity contribution in [3.8, 4) is 17.6 Å². The maximum Gasteiger partial charge on any atom is 0.151 e. The molecule has 0 unspecified atom stereocenters. The molecule has 20 heavy (non-hydrogen) atoms. The minimum absolute atomic E-state index is 0.494. The lowest BCUT2D eigenvalue weighted by atomic mass is 10.1. The van der Waals surface area contributed by atoms with Crippen LogP contribution in [0, 0.1) is 11.3 Å². The molecule has 2 aromatic carbocycles. The molecule has 0 saturated carbocycles. The molecule has 0 aliphatic carbocycles. The normalized spacial score (nSPS) is 10.0. The summed E-state index contributed by atoms with van der Waals surface area (Å²) in [6.45, 7) is 0.692. The number of anilines is 1. The van der Waals surface area contributed by atoms with Gasteiger partial charge in [0.15, 0.2) is 5.75 Å². The Balaban J connectivity index is 2.12. The minimum atomic E-state index is 0.494. The number of benzene rings is 2. The molecule has 0 saturated heterocycles. The highest BCUT2D eigenvalue weighted by Crippen LogP contribution is 2.28. The van der Waals surface area contributed by atoms with Gasteiger partial charge in [-0.05, 0) is 36.2 Å². The third kappa shape index (κ3) is 3.50. The van der Waals surface area contributed by atoms with Gasteiger partial charge < -0.3 is 15.2 Å². The molecule has 0 aliphatic heterocycles. The van der Waals surface area contributed by atoms with Gasteiger partial charge in [-0.3, -0.25) is 0 Å². The summed E-state index contributed by atoms with van der Waals surface area (Å²) < 4.78 is 10.7. The van der Waals surface area contributed by atoms with Crippen molar-refractivity contribution in [3.63, 3.8) is 0 Å². The summed E-state index contributed by atoms with van der Waals surface area (Å²) in [7, 11) is 1.68. The second-order valence-corrected chi connectivity index (χ2v) is 4.35. The van der Waals surface area contributed by atoms with Crippen molar-refractivity contribution in [1.82, 2.24) is 0 Å². The lowest BCUT2D eigenvalue weighted by Crippen LogP contribution is -1.95. The molecule has 0 aromatic heterocycles. The highest BCUT2D eigenvalue weighted by atomic mass is 16.5. The quantitative estimate of drug-likeness (QED) is 0.846. The second-order valence-electron chi connectivity index (χ2n) is 4.35. The van der Waals surface area contributed by atoms with Gasteiger partial charge in [-0.2, -0.15) is 5.26 Å². The van der Waals surface area contributed by atoms with Crippen molar-refractivity contribution in [2.75, 3.05) is 19.5 Å². The first-order chi connectivity index (χ1) is 9.72. The van der Waals surface area contributed by atoms with Crippen LogP contribution in [0.4, 0.5) is 5.69 Å². The number of nitrogens with zero attached hydrogens (tertiary/aromatic N) is 1. The summed E-state index contributed by atoms with van der Waals surface area (Å²) in [5.74, 6) is 1.18. The Morgan fingerprint density at radius 1 is 1.15 bits per heavy atom. The van der Waals surface area contributed by atoms with Gasteiger partial charge in [-0.15, -0.1) is 0 Å². The van der Waals surface area contributed by atoms with Crippen LogP contribution in [-0.4, -0.2) is 13.7 Å². The molecule has 2 rings (SSSR count). The van der Waals surface area contributed by atoms with Crippen LogP contribution in [0.15, 0.2) is 42.5 Å². The monoisotopic (exact) mass is 268 g/mol. The Kier molecular flexibility index (Phi) is 4.59. The van der Waals surface area contributed by atoms with Crippen molar-refractivity contribution in [2.24, 2.45) is 0 Å². The predicted molar refractivity (Wildman–Crippen MR) is 77.7 cm³/mol. The number of nitrogen functional groups attached to an aromatic ring is 1. The molecule has 0 amide bonds. The lowest BCUT2D eigenvalue weighted by Gasteiger charge is -2.09. The zero-order valence-corrected chi connectivity index (χ0v) is 11.3. The van der Waals surface area contributed by atoms with Crippen LogP contribution in [0.1, 0.15) is 11.1 Å². The fraction of sp³-hybridized carbons (Fsp3) is 0.188. The fourth-order valence-electron chi connectivity index (χ4n) is 1.76. The first-order valence-corrected chi connectivity index (χ1v) is 6.28. The number of nitrogens with two attached hydrogens (primary N) is 1. The van der Waals surface area contributed by atoms with E-state index in [4.69, 9.17) is 20.5 Å². The van der Waals surface area contributed by atoms with E-state index in [2.05, 4.69) is 6.07 Å². The Morgan fingerprint density at radius 3 is 2.55 bits per heavy atom. The summed E-state index contributed by atoms with van der Waals surface area (Å²) in [5.41, 5.74) is 8.04. The van der Waals surface area contributed by atoms with Gasteiger partial charge in [0.1, 0.15) is 5.75 Å². The zero-order chi connectivity index (χ0) is 14.4. The second kappa shape index (κ2) is 6.60. The summed E-state index contributed by atoms with van der Waals surface area (Å²) in [5, 5.41) is 8.88. The summed E-state index contributed by atoms with van der Waals surface area (Å²) in [6.07, 6.45) is 0.864. The molecule has 0 atom stereocenters. The molecular weight excluding hydrogens is 252 g/mol. The van der Waals surface area contributed by atoms with E-state index in [-0.39, 0.29) is 0 Å². The van der Waals surface area contributed by atoms with Crippen LogP contribution >= 0.6 is 0 Å². The number of ether oxygens (including phenoxy) is 2. The Hall–Kier alpha value is -2.51. The van der Waals surface area contributed by atoms with E-state index in [0.717, 1.165) is 6.42 Å². The molecule has 0 heterocycles. The predicted octanol–water partition coefficient (Wildman–Crippen LogP) is 3.12. The van der Waals surface area contributed by atoms with Crippen LogP contribution in [-0.2, 0) is 11.2 Å².